The molecule has 1 fully saturated rings. The second kappa shape index (κ2) is 6.28. The van der Waals surface area contributed by atoms with Crippen LogP contribution in [-0.4, -0.2) is 39.9 Å². The van der Waals surface area contributed by atoms with Gasteiger partial charge in [-0.2, -0.15) is 0 Å². The number of carboxylic acid groups (broad SMARTS) is 1. The van der Waals surface area contributed by atoms with Gasteiger partial charge < -0.3 is 10.8 Å². The third-order valence-electron chi connectivity index (χ3n) is 3.19. The third-order valence-corrected chi connectivity index (χ3v) is 4.51. The Morgan fingerprint density at radius 2 is 2.05 bits per heavy atom. The molecule has 1 aromatic rings. The molecule has 0 aliphatic carbocycles. The van der Waals surface area contributed by atoms with Gasteiger partial charge in [0.1, 0.15) is 6.04 Å². The lowest BCUT2D eigenvalue weighted by Gasteiger charge is -2.15. The largest absolute Gasteiger partial charge is 0.480 e. The molecule has 0 radical (unpaired) electrons. The molecule has 3 N–H and O–H groups in total. The Labute approximate surface area is 126 Å². The van der Waals surface area contributed by atoms with E-state index >= 15 is 0 Å². The monoisotopic (exact) mass is 308 g/mol. The van der Waals surface area contributed by atoms with Crippen LogP contribution in [0.1, 0.15) is 12.0 Å². The molecule has 6 nitrogen and oxygen atoms in total. The maximum absolute atomic E-state index is 12.3. The molecule has 112 valence electrons. The molecule has 2 amide bonds. The summed E-state index contributed by atoms with van der Waals surface area (Å²) in [7, 11) is 0. The number of hydrogen-bond donors (Lipinski definition) is 2. The van der Waals surface area contributed by atoms with Crippen LogP contribution in [0.15, 0.2) is 24.3 Å². The summed E-state index contributed by atoms with van der Waals surface area (Å²) >= 11 is 1.12. The second-order valence-electron chi connectivity index (χ2n) is 4.87. The fourth-order valence-corrected chi connectivity index (χ4v) is 3.08. The molecule has 0 aromatic heterocycles. The van der Waals surface area contributed by atoms with Crippen molar-refractivity contribution in [1.82, 2.24) is 0 Å². The fraction of sp³-hybridized carbons (Fsp3) is 0.357. The minimum atomic E-state index is -1.12. The SMILES string of the molecule is Cc1ccc(N2C(=O)C[C@H](SC[C@H](N)C(=O)O)C2=O)cc1. The number of amides is 2. The Morgan fingerprint density at radius 3 is 2.62 bits per heavy atom. The first-order chi connectivity index (χ1) is 9.90. The van der Waals surface area contributed by atoms with Crippen LogP contribution in [0.2, 0.25) is 0 Å². The molecule has 2 atom stereocenters. The van der Waals surface area contributed by atoms with Gasteiger partial charge in [-0.15, -0.1) is 11.8 Å². The highest BCUT2D eigenvalue weighted by molar-refractivity contribution is 8.00. The van der Waals surface area contributed by atoms with Gasteiger partial charge in [-0.3, -0.25) is 14.4 Å². The van der Waals surface area contributed by atoms with Gasteiger partial charge in [0.15, 0.2) is 0 Å². The minimum absolute atomic E-state index is 0.0731. The van der Waals surface area contributed by atoms with Crippen LogP contribution < -0.4 is 10.6 Å². The molecule has 2 rings (SSSR count). The average molecular weight is 308 g/mol. The van der Waals surface area contributed by atoms with Crippen molar-refractivity contribution in [2.75, 3.05) is 10.7 Å². The van der Waals surface area contributed by atoms with E-state index in [4.69, 9.17) is 10.8 Å². The molecule has 0 bridgehead atoms. The summed E-state index contributed by atoms with van der Waals surface area (Å²) in [6.07, 6.45) is 0.0731. The number of nitrogens with zero attached hydrogens (tertiary/aromatic N) is 1. The lowest BCUT2D eigenvalue weighted by Crippen LogP contribution is -2.35. The summed E-state index contributed by atoms with van der Waals surface area (Å²) < 4.78 is 0. The van der Waals surface area contributed by atoms with Crippen molar-refractivity contribution >= 4 is 35.2 Å². The van der Waals surface area contributed by atoms with E-state index in [2.05, 4.69) is 0 Å². The number of anilines is 1. The topological polar surface area (TPSA) is 101 Å². The van der Waals surface area contributed by atoms with E-state index in [-0.39, 0.29) is 24.0 Å². The molecule has 1 aliphatic rings. The van der Waals surface area contributed by atoms with Crippen LogP contribution in [-0.2, 0) is 14.4 Å². The summed E-state index contributed by atoms with van der Waals surface area (Å²) in [5.74, 6) is -1.60. The van der Waals surface area contributed by atoms with E-state index in [0.717, 1.165) is 22.2 Å². The molecule has 0 saturated carbocycles. The fourth-order valence-electron chi connectivity index (χ4n) is 1.99. The summed E-state index contributed by atoms with van der Waals surface area (Å²) in [5.41, 5.74) is 6.99. The lowest BCUT2D eigenvalue weighted by atomic mass is 10.2. The van der Waals surface area contributed by atoms with Crippen molar-refractivity contribution in [2.45, 2.75) is 24.6 Å². The smallest absolute Gasteiger partial charge is 0.321 e. The van der Waals surface area contributed by atoms with Crippen molar-refractivity contribution in [3.63, 3.8) is 0 Å². The van der Waals surface area contributed by atoms with Gasteiger partial charge in [-0.25, -0.2) is 4.90 Å². The number of carboxylic acids is 1. The first-order valence-electron chi connectivity index (χ1n) is 6.43. The lowest BCUT2D eigenvalue weighted by molar-refractivity contribution is -0.138. The number of aliphatic carboxylic acids is 1. The molecule has 21 heavy (non-hydrogen) atoms. The molecule has 0 spiro atoms. The van der Waals surface area contributed by atoms with E-state index in [0.29, 0.717) is 5.69 Å². The van der Waals surface area contributed by atoms with Crippen molar-refractivity contribution in [3.05, 3.63) is 29.8 Å². The Bertz CT molecular complexity index is 573. The molecule has 1 aliphatic heterocycles. The second-order valence-corrected chi connectivity index (χ2v) is 6.11. The standard InChI is InChI=1S/C14H16N2O4S/c1-8-2-4-9(5-3-8)16-12(17)6-11(13(16)18)21-7-10(15)14(19)20/h2-5,10-11H,6-7,15H2,1H3,(H,19,20)/t10-,11-/m0/s1. The maximum Gasteiger partial charge on any atom is 0.321 e. The third kappa shape index (κ3) is 3.43. The highest BCUT2D eigenvalue weighted by Gasteiger charge is 2.40. The van der Waals surface area contributed by atoms with Crippen LogP contribution in [0.25, 0.3) is 0 Å². The van der Waals surface area contributed by atoms with E-state index in [1.807, 2.05) is 19.1 Å². The molecular formula is C14H16N2O4S. The summed E-state index contributed by atoms with van der Waals surface area (Å²) in [4.78, 5) is 36.1. The Balaban J connectivity index is 2.06. The zero-order valence-corrected chi connectivity index (χ0v) is 12.3. The van der Waals surface area contributed by atoms with Crippen LogP contribution in [0, 0.1) is 6.92 Å². The van der Waals surface area contributed by atoms with Crippen molar-refractivity contribution in [3.8, 4) is 0 Å². The number of carbonyl (C=O) groups excluding carboxylic acids is 2. The maximum atomic E-state index is 12.3. The highest BCUT2D eigenvalue weighted by Crippen LogP contribution is 2.29. The van der Waals surface area contributed by atoms with Gasteiger partial charge in [0, 0.05) is 12.2 Å². The van der Waals surface area contributed by atoms with Gasteiger partial charge >= 0.3 is 5.97 Å². The summed E-state index contributed by atoms with van der Waals surface area (Å²) in [6, 6.07) is 6.07. The number of aryl methyl sites for hydroxylation is 1. The van der Waals surface area contributed by atoms with Gasteiger partial charge in [0.05, 0.1) is 10.9 Å². The predicted molar refractivity (Wildman–Crippen MR) is 80.1 cm³/mol. The van der Waals surface area contributed by atoms with Gasteiger partial charge in [0.2, 0.25) is 11.8 Å². The highest BCUT2D eigenvalue weighted by atomic mass is 32.2. The Hall–Kier alpha value is -1.86. The van der Waals surface area contributed by atoms with Crippen LogP contribution in [0.5, 0.6) is 0 Å². The summed E-state index contributed by atoms with van der Waals surface area (Å²) in [6.45, 7) is 1.92. The summed E-state index contributed by atoms with van der Waals surface area (Å²) in [5, 5.41) is 8.16. The van der Waals surface area contributed by atoms with E-state index in [1.54, 1.807) is 12.1 Å². The van der Waals surface area contributed by atoms with Crippen LogP contribution in [0.3, 0.4) is 0 Å². The first kappa shape index (κ1) is 15.5. The molecule has 1 aromatic carbocycles. The zero-order chi connectivity index (χ0) is 15.6. The number of imide groups is 1. The number of nitrogens with two attached hydrogens (primary N) is 1. The normalized spacial score (nSPS) is 19.9. The number of thioether (sulfide) groups is 1. The van der Waals surface area contributed by atoms with Gasteiger partial charge in [-0.05, 0) is 19.1 Å². The molecule has 1 heterocycles. The average Bonchev–Trinajstić information content (AvgIpc) is 2.72. The van der Waals surface area contributed by atoms with Gasteiger partial charge in [0.25, 0.3) is 0 Å². The van der Waals surface area contributed by atoms with E-state index in [1.165, 1.54) is 0 Å². The Morgan fingerprint density at radius 1 is 1.43 bits per heavy atom. The van der Waals surface area contributed by atoms with Crippen molar-refractivity contribution < 1.29 is 19.5 Å². The molecular weight excluding hydrogens is 292 g/mol. The van der Waals surface area contributed by atoms with Crippen molar-refractivity contribution in [2.24, 2.45) is 5.73 Å². The Kier molecular flexibility index (Phi) is 4.64. The molecule has 7 heteroatoms. The minimum Gasteiger partial charge on any atom is -0.480 e. The molecule has 1 saturated heterocycles. The van der Waals surface area contributed by atoms with E-state index in [9.17, 15) is 14.4 Å². The van der Waals surface area contributed by atoms with Crippen LogP contribution in [0.4, 0.5) is 5.69 Å². The number of rotatable bonds is 5. The molecule has 0 unspecified atom stereocenters. The number of hydrogen-bond acceptors (Lipinski definition) is 5. The van der Waals surface area contributed by atoms with Gasteiger partial charge in [-0.1, -0.05) is 17.7 Å². The van der Waals surface area contributed by atoms with Crippen LogP contribution >= 0.6 is 11.8 Å². The first-order valence-corrected chi connectivity index (χ1v) is 7.48. The number of benzene rings is 1. The van der Waals surface area contributed by atoms with Crippen molar-refractivity contribution in [1.29, 1.82) is 0 Å². The predicted octanol–water partition coefficient (Wildman–Crippen LogP) is 0.772. The quantitative estimate of drug-likeness (QED) is 0.779. The van der Waals surface area contributed by atoms with E-state index < -0.39 is 17.3 Å². The zero-order valence-electron chi connectivity index (χ0n) is 11.5. The number of carbonyl (C=O) groups is 3.